The first-order valence-electron chi connectivity index (χ1n) is 10.6. The van der Waals surface area contributed by atoms with Crippen LogP contribution >= 0.6 is 24.0 Å². The normalized spacial score (nSPS) is 16.0. The third kappa shape index (κ3) is 8.75. The lowest BCUT2D eigenvalue weighted by atomic mass is 9.84. The van der Waals surface area contributed by atoms with Gasteiger partial charge in [0.15, 0.2) is 5.96 Å². The van der Waals surface area contributed by atoms with Gasteiger partial charge in [0.25, 0.3) is 0 Å². The topological polar surface area (TPSA) is 68.8 Å². The van der Waals surface area contributed by atoms with E-state index in [-0.39, 0.29) is 41.1 Å². The van der Waals surface area contributed by atoms with Crippen LogP contribution < -0.4 is 16.0 Å². The Morgan fingerprint density at radius 3 is 2.57 bits per heavy atom. The number of nitrogens with one attached hydrogen (secondary N) is 3. The first kappa shape index (κ1) is 26.6. The van der Waals surface area contributed by atoms with E-state index < -0.39 is 0 Å². The van der Waals surface area contributed by atoms with Crippen molar-refractivity contribution in [1.82, 2.24) is 20.9 Å². The number of piperidine rings is 1. The molecule has 1 fully saturated rings. The summed E-state index contributed by atoms with van der Waals surface area (Å²) in [5.74, 6) is 0.650. The quantitative estimate of drug-likeness (QED) is 0.273. The van der Waals surface area contributed by atoms with Crippen LogP contribution in [0.4, 0.5) is 4.39 Å². The molecule has 1 saturated heterocycles. The van der Waals surface area contributed by atoms with E-state index in [2.05, 4.69) is 46.6 Å². The zero-order valence-corrected chi connectivity index (χ0v) is 21.0. The highest BCUT2D eigenvalue weighted by atomic mass is 127. The van der Waals surface area contributed by atoms with Crippen molar-refractivity contribution < 1.29 is 9.18 Å². The van der Waals surface area contributed by atoms with Gasteiger partial charge in [0.2, 0.25) is 5.91 Å². The minimum absolute atomic E-state index is 0. The molecule has 1 aliphatic heterocycles. The van der Waals surface area contributed by atoms with Crippen molar-refractivity contribution in [2.75, 3.05) is 39.8 Å². The SMILES string of the molecule is CCCNC(=O)CN1CCC(NC(=NC)NCC(C)(C)c2cccc(F)c2)CC1.I. The summed E-state index contributed by atoms with van der Waals surface area (Å²) < 4.78 is 13.6. The first-order valence-corrected chi connectivity index (χ1v) is 10.6. The maximum atomic E-state index is 13.6. The maximum Gasteiger partial charge on any atom is 0.234 e. The van der Waals surface area contributed by atoms with Crippen LogP contribution in [0.5, 0.6) is 0 Å². The Morgan fingerprint density at radius 1 is 1.27 bits per heavy atom. The summed E-state index contributed by atoms with van der Waals surface area (Å²) >= 11 is 0. The van der Waals surface area contributed by atoms with Crippen LogP contribution in [0, 0.1) is 5.82 Å². The summed E-state index contributed by atoms with van der Waals surface area (Å²) in [7, 11) is 1.76. The standard InChI is InChI=1S/C22H36FN5O.HI/c1-5-11-25-20(29)15-28-12-9-19(10-13-28)27-21(24-4)26-16-22(2,3)17-7-6-8-18(23)14-17;/h6-8,14,19H,5,9-13,15-16H2,1-4H3,(H,25,29)(H2,24,26,27);1H. The van der Waals surface area contributed by atoms with E-state index in [1.54, 1.807) is 19.2 Å². The van der Waals surface area contributed by atoms with Crippen LogP contribution in [0.2, 0.25) is 0 Å². The van der Waals surface area contributed by atoms with Crippen molar-refractivity contribution in [2.45, 2.75) is 51.5 Å². The summed E-state index contributed by atoms with van der Waals surface area (Å²) in [6.45, 7) is 9.87. The number of likely N-dealkylation sites (tertiary alicyclic amines) is 1. The largest absolute Gasteiger partial charge is 0.356 e. The molecule has 170 valence electrons. The lowest BCUT2D eigenvalue weighted by Gasteiger charge is -2.33. The molecule has 8 heteroatoms. The smallest absolute Gasteiger partial charge is 0.234 e. The van der Waals surface area contributed by atoms with Crippen molar-refractivity contribution in [2.24, 2.45) is 4.99 Å². The van der Waals surface area contributed by atoms with Gasteiger partial charge in [-0.3, -0.25) is 14.7 Å². The molecule has 0 atom stereocenters. The third-order valence-electron chi connectivity index (χ3n) is 5.40. The van der Waals surface area contributed by atoms with Crippen molar-refractivity contribution in [3.63, 3.8) is 0 Å². The molecule has 0 aliphatic carbocycles. The minimum atomic E-state index is -0.227. The first-order chi connectivity index (χ1) is 13.8. The fraction of sp³-hybridized carbons (Fsp3) is 0.636. The Hall–Kier alpha value is -1.42. The number of rotatable bonds is 8. The number of carbonyl (C=O) groups is 1. The lowest BCUT2D eigenvalue weighted by molar-refractivity contribution is -0.122. The van der Waals surface area contributed by atoms with Gasteiger partial charge in [-0.1, -0.05) is 32.9 Å². The second-order valence-corrected chi connectivity index (χ2v) is 8.36. The van der Waals surface area contributed by atoms with E-state index in [9.17, 15) is 9.18 Å². The minimum Gasteiger partial charge on any atom is -0.356 e. The van der Waals surface area contributed by atoms with Gasteiger partial charge in [0.05, 0.1) is 6.54 Å². The number of aliphatic imine (C=N–C) groups is 1. The van der Waals surface area contributed by atoms with Crippen molar-refractivity contribution in [3.05, 3.63) is 35.6 Å². The number of halogens is 2. The Bertz CT molecular complexity index is 690. The molecule has 3 N–H and O–H groups in total. The van der Waals surface area contributed by atoms with Gasteiger partial charge in [-0.15, -0.1) is 24.0 Å². The van der Waals surface area contributed by atoms with Gasteiger partial charge in [-0.25, -0.2) is 4.39 Å². The van der Waals surface area contributed by atoms with E-state index in [4.69, 9.17) is 0 Å². The van der Waals surface area contributed by atoms with E-state index >= 15 is 0 Å². The zero-order chi connectivity index (χ0) is 21.3. The predicted molar refractivity (Wildman–Crippen MR) is 132 cm³/mol. The fourth-order valence-corrected chi connectivity index (χ4v) is 3.46. The van der Waals surface area contributed by atoms with Gasteiger partial charge in [0.1, 0.15) is 5.82 Å². The second-order valence-electron chi connectivity index (χ2n) is 8.36. The summed E-state index contributed by atoms with van der Waals surface area (Å²) in [6, 6.07) is 7.08. The van der Waals surface area contributed by atoms with Crippen molar-refractivity contribution >= 4 is 35.8 Å². The highest BCUT2D eigenvalue weighted by Gasteiger charge is 2.24. The Balaban J connectivity index is 0.00000450. The predicted octanol–water partition coefficient (Wildman–Crippen LogP) is 2.88. The van der Waals surface area contributed by atoms with Crippen LogP contribution in [-0.4, -0.2) is 62.6 Å². The molecular formula is C22H37FIN5O. The van der Waals surface area contributed by atoms with Crippen LogP contribution in [0.15, 0.2) is 29.3 Å². The van der Waals surface area contributed by atoms with Gasteiger partial charge in [-0.05, 0) is 37.0 Å². The molecule has 0 bridgehead atoms. The number of hydrogen-bond acceptors (Lipinski definition) is 3. The molecule has 2 rings (SSSR count). The summed E-state index contributed by atoms with van der Waals surface area (Å²) in [5, 5.41) is 9.80. The molecule has 1 aromatic rings. The molecule has 6 nitrogen and oxygen atoms in total. The third-order valence-corrected chi connectivity index (χ3v) is 5.40. The number of amides is 1. The average molecular weight is 533 g/mol. The molecule has 1 heterocycles. The Morgan fingerprint density at radius 2 is 1.97 bits per heavy atom. The summed E-state index contributed by atoms with van der Waals surface area (Å²) in [4.78, 5) is 18.4. The molecule has 0 radical (unpaired) electrons. The van der Waals surface area contributed by atoms with Crippen molar-refractivity contribution in [3.8, 4) is 0 Å². The average Bonchev–Trinajstić information content (AvgIpc) is 2.71. The van der Waals surface area contributed by atoms with Gasteiger partial charge >= 0.3 is 0 Å². The zero-order valence-electron chi connectivity index (χ0n) is 18.6. The number of benzene rings is 1. The summed E-state index contributed by atoms with van der Waals surface area (Å²) in [6.07, 6.45) is 2.89. The van der Waals surface area contributed by atoms with Gasteiger partial charge in [-0.2, -0.15) is 0 Å². The Kier molecular flexibility index (Phi) is 11.6. The molecule has 1 aromatic carbocycles. The van der Waals surface area contributed by atoms with E-state index in [1.807, 2.05) is 6.07 Å². The van der Waals surface area contributed by atoms with E-state index in [1.165, 1.54) is 6.07 Å². The van der Waals surface area contributed by atoms with Crippen LogP contribution in [0.25, 0.3) is 0 Å². The lowest BCUT2D eigenvalue weighted by Crippen LogP contribution is -2.51. The molecule has 1 aliphatic rings. The molecule has 0 aromatic heterocycles. The molecule has 0 saturated carbocycles. The monoisotopic (exact) mass is 533 g/mol. The molecule has 0 spiro atoms. The number of hydrogen-bond donors (Lipinski definition) is 3. The number of carbonyl (C=O) groups excluding carboxylic acids is 1. The summed E-state index contributed by atoms with van der Waals surface area (Å²) in [5.41, 5.74) is 0.727. The number of nitrogens with zero attached hydrogens (tertiary/aromatic N) is 2. The number of guanidine groups is 1. The van der Waals surface area contributed by atoms with Crippen LogP contribution in [0.3, 0.4) is 0 Å². The fourth-order valence-electron chi connectivity index (χ4n) is 3.46. The molecular weight excluding hydrogens is 496 g/mol. The molecule has 30 heavy (non-hydrogen) atoms. The maximum absolute atomic E-state index is 13.6. The van der Waals surface area contributed by atoms with Crippen LogP contribution in [0.1, 0.15) is 45.6 Å². The Labute approximate surface area is 197 Å². The van der Waals surface area contributed by atoms with E-state index in [0.717, 1.165) is 50.4 Å². The van der Waals surface area contributed by atoms with Gasteiger partial charge in [0, 0.05) is 44.7 Å². The molecule has 0 unspecified atom stereocenters. The highest BCUT2D eigenvalue weighted by Crippen LogP contribution is 2.22. The molecule has 1 amide bonds. The van der Waals surface area contributed by atoms with Crippen LogP contribution in [-0.2, 0) is 10.2 Å². The van der Waals surface area contributed by atoms with Crippen molar-refractivity contribution in [1.29, 1.82) is 0 Å². The highest BCUT2D eigenvalue weighted by molar-refractivity contribution is 14.0. The van der Waals surface area contributed by atoms with Gasteiger partial charge < -0.3 is 16.0 Å². The van der Waals surface area contributed by atoms with E-state index in [0.29, 0.717) is 19.1 Å². The second kappa shape index (κ2) is 13.1.